The minimum Gasteiger partial charge on any atom is -0.360 e. The van der Waals surface area contributed by atoms with Crippen molar-refractivity contribution < 1.29 is 14.1 Å². The highest BCUT2D eigenvalue weighted by atomic mass is 16.5. The van der Waals surface area contributed by atoms with Gasteiger partial charge in [0.05, 0.1) is 0 Å². The van der Waals surface area contributed by atoms with Gasteiger partial charge in [-0.3, -0.25) is 9.59 Å². The molecule has 0 saturated carbocycles. The second-order valence-corrected chi connectivity index (χ2v) is 6.61. The van der Waals surface area contributed by atoms with E-state index < -0.39 is 6.04 Å². The van der Waals surface area contributed by atoms with E-state index in [0.717, 1.165) is 12.1 Å². The van der Waals surface area contributed by atoms with Crippen LogP contribution < -0.4 is 5.32 Å². The van der Waals surface area contributed by atoms with Crippen molar-refractivity contribution in [2.45, 2.75) is 25.8 Å². The highest BCUT2D eigenvalue weighted by Crippen LogP contribution is 2.23. The number of amides is 2. The molecule has 1 N–H and O–H groups in total. The fourth-order valence-electron chi connectivity index (χ4n) is 3.39. The first kappa shape index (κ1) is 17.1. The largest absolute Gasteiger partial charge is 0.360 e. The number of hydrogen-bond acceptors (Lipinski definition) is 4. The maximum atomic E-state index is 13.0. The third-order valence-corrected chi connectivity index (χ3v) is 4.69. The highest BCUT2D eigenvalue weighted by molar-refractivity contribution is 6.01. The third kappa shape index (κ3) is 3.48. The average molecular weight is 364 g/mol. The Morgan fingerprint density at radius 1 is 1.19 bits per heavy atom. The van der Waals surface area contributed by atoms with Crippen LogP contribution in [0.1, 0.15) is 29.0 Å². The van der Waals surface area contributed by atoms with Crippen LogP contribution in [0.3, 0.4) is 0 Å². The lowest BCUT2D eigenvalue weighted by atomic mass is 10.1. The van der Waals surface area contributed by atoms with Gasteiger partial charge in [0.25, 0.3) is 5.91 Å². The molecular formula is C20H20N4O3. The van der Waals surface area contributed by atoms with Crippen LogP contribution in [0, 0.1) is 6.92 Å². The van der Waals surface area contributed by atoms with Crippen LogP contribution in [0.15, 0.2) is 59.4 Å². The van der Waals surface area contributed by atoms with E-state index in [2.05, 4.69) is 10.5 Å². The SMILES string of the molecule is Cc1cc(NC(=O)[C@@H]2CCCN2C(=O)c2cccc(-n3cccc3)c2)no1. The van der Waals surface area contributed by atoms with Gasteiger partial charge in [-0.25, -0.2) is 0 Å². The van der Waals surface area contributed by atoms with Gasteiger partial charge in [-0.15, -0.1) is 0 Å². The molecule has 0 aliphatic carbocycles. The molecule has 138 valence electrons. The molecule has 1 fully saturated rings. The number of anilines is 1. The number of rotatable bonds is 4. The molecule has 3 aromatic rings. The lowest BCUT2D eigenvalue weighted by Crippen LogP contribution is -2.43. The molecule has 27 heavy (non-hydrogen) atoms. The van der Waals surface area contributed by atoms with E-state index in [1.54, 1.807) is 24.0 Å². The summed E-state index contributed by atoms with van der Waals surface area (Å²) >= 11 is 0. The Balaban J connectivity index is 1.52. The van der Waals surface area contributed by atoms with Crippen molar-refractivity contribution >= 4 is 17.6 Å². The Hall–Kier alpha value is -3.35. The van der Waals surface area contributed by atoms with Gasteiger partial charge in [-0.1, -0.05) is 11.2 Å². The number of aromatic nitrogens is 2. The first-order valence-electron chi connectivity index (χ1n) is 8.90. The zero-order valence-corrected chi connectivity index (χ0v) is 15.0. The van der Waals surface area contributed by atoms with E-state index in [1.807, 2.05) is 47.3 Å². The van der Waals surface area contributed by atoms with Crippen LogP contribution in [0.4, 0.5) is 5.82 Å². The predicted molar refractivity (Wildman–Crippen MR) is 99.7 cm³/mol. The number of hydrogen-bond donors (Lipinski definition) is 1. The monoisotopic (exact) mass is 364 g/mol. The molecule has 1 aliphatic rings. The summed E-state index contributed by atoms with van der Waals surface area (Å²) in [5.74, 6) is 0.603. The Bertz CT molecular complexity index is 961. The first-order valence-corrected chi connectivity index (χ1v) is 8.90. The predicted octanol–water partition coefficient (Wildman–Crippen LogP) is 3.02. The van der Waals surface area contributed by atoms with Crippen LogP contribution >= 0.6 is 0 Å². The van der Waals surface area contributed by atoms with Crippen LogP contribution in [-0.2, 0) is 4.79 Å². The van der Waals surface area contributed by atoms with E-state index in [-0.39, 0.29) is 11.8 Å². The molecule has 1 aromatic carbocycles. The summed E-state index contributed by atoms with van der Waals surface area (Å²) in [6.45, 7) is 2.31. The van der Waals surface area contributed by atoms with Gasteiger partial charge in [0, 0.05) is 36.3 Å². The number of nitrogens with zero attached hydrogens (tertiary/aromatic N) is 3. The zero-order valence-electron chi connectivity index (χ0n) is 15.0. The Kier molecular flexibility index (Phi) is 4.50. The average Bonchev–Trinajstić information content (AvgIpc) is 3.43. The van der Waals surface area contributed by atoms with Gasteiger partial charge < -0.3 is 19.3 Å². The molecule has 0 spiro atoms. The number of carbonyl (C=O) groups excluding carboxylic acids is 2. The molecule has 0 radical (unpaired) electrons. The number of nitrogens with one attached hydrogen (secondary N) is 1. The van der Waals surface area contributed by atoms with Gasteiger partial charge in [0.2, 0.25) is 5.91 Å². The van der Waals surface area contributed by atoms with Crippen molar-refractivity contribution in [2.24, 2.45) is 0 Å². The van der Waals surface area contributed by atoms with Crippen molar-refractivity contribution in [1.82, 2.24) is 14.6 Å². The molecule has 7 heteroatoms. The van der Waals surface area contributed by atoms with Crippen LogP contribution in [0.2, 0.25) is 0 Å². The second-order valence-electron chi connectivity index (χ2n) is 6.61. The fraction of sp³-hybridized carbons (Fsp3) is 0.250. The highest BCUT2D eigenvalue weighted by Gasteiger charge is 2.35. The summed E-state index contributed by atoms with van der Waals surface area (Å²) in [5, 5.41) is 6.52. The van der Waals surface area contributed by atoms with Crippen molar-refractivity contribution in [1.29, 1.82) is 0 Å². The minimum absolute atomic E-state index is 0.141. The third-order valence-electron chi connectivity index (χ3n) is 4.69. The molecule has 1 aliphatic heterocycles. The fourth-order valence-corrected chi connectivity index (χ4v) is 3.39. The molecule has 7 nitrogen and oxygen atoms in total. The van der Waals surface area contributed by atoms with Crippen LogP contribution in [0.25, 0.3) is 5.69 Å². The normalized spacial score (nSPS) is 16.5. The second kappa shape index (κ2) is 7.11. The zero-order chi connectivity index (χ0) is 18.8. The van der Waals surface area contributed by atoms with Gasteiger partial charge in [-0.05, 0) is 50.1 Å². The standard InChI is InChI=1S/C20H20N4O3/c1-14-12-18(22-27-14)21-19(25)17-8-5-11-24(17)20(26)15-6-4-7-16(13-15)23-9-2-3-10-23/h2-4,6-7,9-10,12-13,17H,5,8,11H2,1H3,(H,21,22,25)/t17-/m0/s1. The van der Waals surface area contributed by atoms with E-state index in [1.165, 1.54) is 0 Å². The minimum atomic E-state index is -0.509. The molecule has 4 rings (SSSR count). The number of likely N-dealkylation sites (tertiary alicyclic amines) is 1. The van der Waals surface area contributed by atoms with Crippen LogP contribution in [0.5, 0.6) is 0 Å². The molecule has 2 aromatic heterocycles. The summed E-state index contributed by atoms with van der Waals surface area (Å²) in [4.78, 5) is 27.3. The Morgan fingerprint density at radius 2 is 2.00 bits per heavy atom. The quantitative estimate of drug-likeness (QED) is 0.772. The number of aryl methyl sites for hydroxylation is 1. The summed E-state index contributed by atoms with van der Waals surface area (Å²) in [6, 6.07) is 12.4. The lowest BCUT2D eigenvalue weighted by molar-refractivity contribution is -0.119. The van der Waals surface area contributed by atoms with Crippen LogP contribution in [-0.4, -0.2) is 39.0 Å². The van der Waals surface area contributed by atoms with E-state index in [9.17, 15) is 9.59 Å². The molecule has 2 amide bonds. The molecule has 0 bridgehead atoms. The van der Waals surface area contributed by atoms with Gasteiger partial charge >= 0.3 is 0 Å². The molecular weight excluding hydrogens is 344 g/mol. The van der Waals surface area contributed by atoms with Gasteiger partial charge in [0.1, 0.15) is 11.8 Å². The van der Waals surface area contributed by atoms with E-state index >= 15 is 0 Å². The van der Waals surface area contributed by atoms with Crippen molar-refractivity contribution in [3.8, 4) is 5.69 Å². The molecule has 0 unspecified atom stereocenters. The summed E-state index contributed by atoms with van der Waals surface area (Å²) in [6.07, 6.45) is 5.27. The van der Waals surface area contributed by atoms with Gasteiger partial charge in [0.15, 0.2) is 5.82 Å². The van der Waals surface area contributed by atoms with Crippen molar-refractivity contribution in [3.05, 3.63) is 66.2 Å². The van der Waals surface area contributed by atoms with E-state index in [4.69, 9.17) is 4.52 Å². The lowest BCUT2D eigenvalue weighted by Gasteiger charge is -2.23. The maximum Gasteiger partial charge on any atom is 0.254 e. The summed E-state index contributed by atoms with van der Waals surface area (Å²) in [5.41, 5.74) is 1.47. The van der Waals surface area contributed by atoms with Crippen molar-refractivity contribution in [2.75, 3.05) is 11.9 Å². The summed E-state index contributed by atoms with van der Waals surface area (Å²) in [7, 11) is 0. The Morgan fingerprint density at radius 3 is 2.74 bits per heavy atom. The number of benzene rings is 1. The van der Waals surface area contributed by atoms with Crippen molar-refractivity contribution in [3.63, 3.8) is 0 Å². The number of carbonyl (C=O) groups is 2. The maximum absolute atomic E-state index is 13.0. The smallest absolute Gasteiger partial charge is 0.254 e. The molecule has 1 saturated heterocycles. The summed E-state index contributed by atoms with van der Waals surface area (Å²) < 4.78 is 6.91. The first-order chi connectivity index (χ1) is 13.1. The molecule has 1 atom stereocenters. The van der Waals surface area contributed by atoms with E-state index in [0.29, 0.717) is 30.1 Å². The Labute approximate surface area is 156 Å². The topological polar surface area (TPSA) is 80.4 Å². The van der Waals surface area contributed by atoms with Gasteiger partial charge in [-0.2, -0.15) is 0 Å². The molecule has 3 heterocycles.